The third kappa shape index (κ3) is 5.33. The van der Waals surface area contributed by atoms with Gasteiger partial charge in [-0.15, -0.1) is 6.58 Å². The van der Waals surface area contributed by atoms with Gasteiger partial charge in [-0.3, -0.25) is 4.79 Å². The van der Waals surface area contributed by atoms with E-state index in [1.54, 1.807) is 13.0 Å². The van der Waals surface area contributed by atoms with Gasteiger partial charge in [-0.05, 0) is 13.3 Å². The smallest absolute Gasteiger partial charge is 0.220 e. The fourth-order valence-electron chi connectivity index (χ4n) is 0.593. The molecular weight excluding hydrogens is 142 g/mol. The molecule has 1 amide bonds. The van der Waals surface area contributed by atoms with Crippen LogP contribution in [0.25, 0.3) is 0 Å². The number of hydrogen-bond acceptors (Lipinski definition) is 2. The highest BCUT2D eigenvalue weighted by atomic mass is 16.2. The van der Waals surface area contributed by atoms with Crippen LogP contribution < -0.4 is 5.32 Å². The van der Waals surface area contributed by atoms with E-state index in [0.29, 0.717) is 19.1 Å². The van der Waals surface area contributed by atoms with E-state index in [4.69, 9.17) is 0 Å². The Hall–Kier alpha value is -1.12. The van der Waals surface area contributed by atoms with Crippen molar-refractivity contribution in [2.75, 3.05) is 0 Å². The first-order chi connectivity index (χ1) is 5.20. The average Bonchev–Trinajstić information content (AvgIpc) is 2.00. The van der Waals surface area contributed by atoms with Crippen molar-refractivity contribution in [3.63, 3.8) is 0 Å². The number of rotatable bonds is 5. The van der Waals surface area contributed by atoms with E-state index in [0.717, 1.165) is 0 Å². The van der Waals surface area contributed by atoms with Crippen LogP contribution in [0, 0.1) is 0 Å². The van der Waals surface area contributed by atoms with Crippen molar-refractivity contribution in [1.29, 1.82) is 0 Å². The predicted molar refractivity (Wildman–Crippen MR) is 43.1 cm³/mol. The number of nitrogens with one attached hydrogen (secondary N) is 1. The Kier molecular flexibility index (Phi) is 5.07. The molecule has 0 saturated carbocycles. The fourth-order valence-corrected chi connectivity index (χ4v) is 0.593. The third-order valence-corrected chi connectivity index (χ3v) is 1.17. The van der Waals surface area contributed by atoms with Gasteiger partial charge in [0.2, 0.25) is 5.91 Å². The Bertz CT molecular complexity index is 154. The van der Waals surface area contributed by atoms with Crippen LogP contribution in [0.15, 0.2) is 12.7 Å². The molecule has 0 bridgehead atoms. The number of hydrogen-bond donors (Lipinski definition) is 1. The lowest BCUT2D eigenvalue weighted by Crippen LogP contribution is -2.33. The van der Waals surface area contributed by atoms with Gasteiger partial charge in [0, 0.05) is 6.42 Å². The molecule has 11 heavy (non-hydrogen) atoms. The molecule has 0 unspecified atom stereocenters. The van der Waals surface area contributed by atoms with E-state index in [2.05, 4.69) is 11.9 Å². The molecule has 1 N–H and O–H groups in total. The zero-order chi connectivity index (χ0) is 8.69. The molecule has 3 nitrogen and oxygen atoms in total. The van der Waals surface area contributed by atoms with Gasteiger partial charge in [0.15, 0.2) is 0 Å². The maximum atomic E-state index is 10.9. The number of aldehydes is 1. The number of carbonyl (C=O) groups excluding carboxylic acids is 2. The maximum absolute atomic E-state index is 10.9. The summed E-state index contributed by atoms with van der Waals surface area (Å²) in [7, 11) is 0. The normalized spacial score (nSPS) is 11.7. The van der Waals surface area contributed by atoms with Crippen LogP contribution in [0.5, 0.6) is 0 Å². The zero-order valence-corrected chi connectivity index (χ0v) is 6.67. The van der Waals surface area contributed by atoms with Crippen molar-refractivity contribution < 1.29 is 9.59 Å². The minimum Gasteiger partial charge on any atom is -0.347 e. The summed E-state index contributed by atoms with van der Waals surface area (Å²) in [6, 6.07) is -0.382. The van der Waals surface area contributed by atoms with Gasteiger partial charge >= 0.3 is 0 Å². The van der Waals surface area contributed by atoms with Crippen molar-refractivity contribution >= 4 is 12.2 Å². The lowest BCUT2D eigenvalue weighted by atomic mass is 10.3. The first kappa shape index (κ1) is 9.88. The van der Waals surface area contributed by atoms with Crippen LogP contribution in [-0.4, -0.2) is 18.2 Å². The van der Waals surface area contributed by atoms with Gasteiger partial charge < -0.3 is 10.1 Å². The maximum Gasteiger partial charge on any atom is 0.220 e. The SMILES string of the molecule is C=CCCC(=O)N[C@@H](C)C=O. The lowest BCUT2D eigenvalue weighted by molar-refractivity contribution is -0.123. The molecule has 3 heteroatoms. The van der Waals surface area contributed by atoms with Crippen LogP contribution in [0.1, 0.15) is 19.8 Å². The molecule has 0 spiro atoms. The monoisotopic (exact) mass is 155 g/mol. The van der Waals surface area contributed by atoms with Crippen LogP contribution >= 0.6 is 0 Å². The second kappa shape index (κ2) is 5.65. The molecule has 62 valence electrons. The van der Waals surface area contributed by atoms with Crippen molar-refractivity contribution in [2.45, 2.75) is 25.8 Å². The van der Waals surface area contributed by atoms with Crippen molar-refractivity contribution in [1.82, 2.24) is 5.32 Å². The quantitative estimate of drug-likeness (QED) is 0.468. The van der Waals surface area contributed by atoms with Crippen LogP contribution in [0.2, 0.25) is 0 Å². The van der Waals surface area contributed by atoms with Gasteiger partial charge in [-0.25, -0.2) is 0 Å². The van der Waals surface area contributed by atoms with Crippen LogP contribution in [0.4, 0.5) is 0 Å². The third-order valence-electron chi connectivity index (χ3n) is 1.17. The van der Waals surface area contributed by atoms with E-state index in [1.807, 2.05) is 0 Å². The Balaban J connectivity index is 3.51. The first-order valence-electron chi connectivity index (χ1n) is 3.56. The Morgan fingerprint density at radius 1 is 1.73 bits per heavy atom. The molecule has 0 rings (SSSR count). The molecule has 0 radical (unpaired) electrons. The molecule has 0 aromatic rings. The van der Waals surface area contributed by atoms with Gasteiger partial charge in [0.25, 0.3) is 0 Å². The summed E-state index contributed by atoms with van der Waals surface area (Å²) in [6.45, 7) is 5.12. The summed E-state index contributed by atoms with van der Waals surface area (Å²) in [5, 5.41) is 2.51. The highest BCUT2D eigenvalue weighted by Crippen LogP contribution is 1.89. The molecule has 0 fully saturated rings. The van der Waals surface area contributed by atoms with Gasteiger partial charge in [0.05, 0.1) is 6.04 Å². The Labute approximate surface area is 66.5 Å². The van der Waals surface area contributed by atoms with E-state index in [1.165, 1.54) is 0 Å². The summed E-state index contributed by atoms with van der Waals surface area (Å²) in [6.07, 6.45) is 3.43. The van der Waals surface area contributed by atoms with Crippen molar-refractivity contribution in [3.05, 3.63) is 12.7 Å². The minimum absolute atomic E-state index is 0.107. The van der Waals surface area contributed by atoms with E-state index >= 15 is 0 Å². The molecule has 1 atom stereocenters. The van der Waals surface area contributed by atoms with E-state index < -0.39 is 0 Å². The average molecular weight is 155 g/mol. The number of amides is 1. The topological polar surface area (TPSA) is 46.2 Å². The van der Waals surface area contributed by atoms with Crippen LogP contribution in [0.3, 0.4) is 0 Å². The summed E-state index contributed by atoms with van der Waals surface area (Å²) in [5.74, 6) is -0.107. The highest BCUT2D eigenvalue weighted by Gasteiger charge is 2.03. The molecule has 0 heterocycles. The summed E-state index contributed by atoms with van der Waals surface area (Å²) in [4.78, 5) is 20.9. The second-order valence-electron chi connectivity index (χ2n) is 2.32. The fraction of sp³-hybridized carbons (Fsp3) is 0.500. The van der Waals surface area contributed by atoms with E-state index in [-0.39, 0.29) is 11.9 Å². The van der Waals surface area contributed by atoms with Gasteiger partial charge in [0.1, 0.15) is 6.29 Å². The summed E-state index contributed by atoms with van der Waals surface area (Å²) in [5.41, 5.74) is 0. The molecule has 0 aromatic carbocycles. The minimum atomic E-state index is -0.382. The molecule has 0 saturated heterocycles. The molecule has 0 aliphatic carbocycles. The van der Waals surface area contributed by atoms with Crippen LogP contribution in [-0.2, 0) is 9.59 Å². The molecule has 0 aliphatic heterocycles. The van der Waals surface area contributed by atoms with Crippen molar-refractivity contribution in [3.8, 4) is 0 Å². The molecule has 0 aliphatic rings. The second-order valence-corrected chi connectivity index (χ2v) is 2.32. The summed E-state index contributed by atoms with van der Waals surface area (Å²) < 4.78 is 0. The predicted octanol–water partition coefficient (Wildman–Crippen LogP) is 0.656. The standard InChI is InChI=1S/C8H13NO2/c1-3-4-5-8(11)9-7(2)6-10/h3,6-7H,1,4-5H2,2H3,(H,9,11)/t7-/m0/s1. The summed E-state index contributed by atoms with van der Waals surface area (Å²) >= 11 is 0. The van der Waals surface area contributed by atoms with Crippen molar-refractivity contribution in [2.24, 2.45) is 0 Å². The van der Waals surface area contributed by atoms with E-state index in [9.17, 15) is 9.59 Å². The highest BCUT2D eigenvalue weighted by molar-refractivity contribution is 5.79. The van der Waals surface area contributed by atoms with Gasteiger partial charge in [-0.2, -0.15) is 0 Å². The zero-order valence-electron chi connectivity index (χ0n) is 6.67. The number of allylic oxidation sites excluding steroid dienone is 1. The lowest BCUT2D eigenvalue weighted by Gasteiger charge is -2.05. The molecule has 0 aromatic heterocycles. The Morgan fingerprint density at radius 2 is 2.36 bits per heavy atom. The number of carbonyl (C=O) groups is 2. The largest absolute Gasteiger partial charge is 0.347 e. The van der Waals surface area contributed by atoms with Gasteiger partial charge in [-0.1, -0.05) is 6.08 Å². The Morgan fingerprint density at radius 3 is 2.82 bits per heavy atom. The first-order valence-corrected chi connectivity index (χ1v) is 3.56. The molecular formula is C8H13NO2.